The molecule has 0 aromatic carbocycles. The molecule has 0 aliphatic carbocycles. The van der Waals surface area contributed by atoms with Gasteiger partial charge >= 0.3 is 0 Å². The largest absolute Gasteiger partial charge is 0.397 e. The quantitative estimate of drug-likeness (QED) is 0.800. The van der Waals surface area contributed by atoms with Crippen LogP contribution in [-0.2, 0) is 0 Å². The minimum Gasteiger partial charge on any atom is -0.397 e. The Morgan fingerprint density at radius 2 is 1.52 bits per heavy atom. The molecule has 1 aromatic heterocycles. The van der Waals surface area contributed by atoms with Crippen molar-refractivity contribution in [1.82, 2.24) is 4.98 Å². The molecule has 0 saturated carbocycles. The van der Waals surface area contributed by atoms with Crippen molar-refractivity contribution in [2.75, 3.05) is 11.5 Å². The summed E-state index contributed by atoms with van der Waals surface area (Å²) in [6, 6.07) is 7.20. The van der Waals surface area contributed by atoms with Gasteiger partial charge in [-0.05, 0) is 41.8 Å². The van der Waals surface area contributed by atoms with Crippen LogP contribution in [0.15, 0.2) is 67.5 Å². The Balaban J connectivity index is 0.00000191. The average molecular weight is 283 g/mol. The third-order valence-electron chi connectivity index (χ3n) is 2.70. The number of hydrogen-bond donors (Lipinski definition) is 2. The van der Waals surface area contributed by atoms with E-state index in [9.17, 15) is 0 Å². The molecule has 3 heteroatoms. The molecule has 1 aromatic rings. The average Bonchev–Trinajstić information content (AvgIpc) is 2.52. The second kappa shape index (κ2) is 10.3. The number of rotatable bonds is 3. The molecule has 0 radical (unpaired) electrons. The Labute approximate surface area is 128 Å². The minimum atomic E-state index is 0.485. The van der Waals surface area contributed by atoms with E-state index in [4.69, 9.17) is 11.5 Å². The predicted molar refractivity (Wildman–Crippen MR) is 95.0 cm³/mol. The second-order valence-corrected chi connectivity index (χ2v) is 3.98. The zero-order chi connectivity index (χ0) is 16.3. The first-order valence-corrected chi connectivity index (χ1v) is 6.89. The van der Waals surface area contributed by atoms with E-state index in [1.165, 1.54) is 0 Å². The second-order valence-electron chi connectivity index (χ2n) is 3.98. The summed E-state index contributed by atoms with van der Waals surface area (Å²) in [7, 11) is 0. The summed E-state index contributed by atoms with van der Waals surface area (Å²) in [6.07, 6.45) is 6.87. The van der Waals surface area contributed by atoms with Crippen molar-refractivity contribution in [1.29, 1.82) is 0 Å². The van der Waals surface area contributed by atoms with Gasteiger partial charge in [-0.3, -0.25) is 4.98 Å². The van der Waals surface area contributed by atoms with E-state index in [0.29, 0.717) is 11.4 Å². The highest BCUT2D eigenvalue weighted by Gasteiger charge is 1.98. The summed E-state index contributed by atoms with van der Waals surface area (Å²) >= 11 is 0. The Morgan fingerprint density at radius 3 is 2.10 bits per heavy atom. The van der Waals surface area contributed by atoms with E-state index in [1.54, 1.807) is 36.7 Å². The molecule has 0 bridgehead atoms. The maximum atomic E-state index is 5.86. The number of nitrogens with two attached hydrogens (primary N) is 2. The highest BCUT2D eigenvalue weighted by atomic mass is 14.7. The first kappa shape index (κ1) is 18.4. The zero-order valence-corrected chi connectivity index (χ0v) is 13.1. The van der Waals surface area contributed by atoms with Crippen molar-refractivity contribution in [3.8, 4) is 0 Å². The standard InChI is InChI=1S/C16H19N3.C2H6/c1-4-12(3)14(5-2)13-6-7-15(17)16(18)9-11-19-10-8-13;1-2/h4-11H,1-2,17-18H2,3H3;1-2H3/b7-6?,10-8?,11-9?,13-6?,13-8?,14-12+,15-7?,16-9?,16-15?,19-10?,19-11?;. The Morgan fingerprint density at radius 1 is 0.952 bits per heavy atom. The van der Waals surface area contributed by atoms with E-state index >= 15 is 0 Å². The fourth-order valence-electron chi connectivity index (χ4n) is 1.52. The SMILES string of the molecule is C=C/C(C)=C(\C=C)c1ccnccc(N)c(N)cc1.CC. The molecular weight excluding hydrogens is 258 g/mol. The van der Waals surface area contributed by atoms with Crippen molar-refractivity contribution in [3.05, 3.63) is 73.1 Å². The molecule has 0 unspecified atom stereocenters. The first-order valence-electron chi connectivity index (χ1n) is 6.89. The van der Waals surface area contributed by atoms with Crippen molar-refractivity contribution in [2.45, 2.75) is 20.8 Å². The summed E-state index contributed by atoms with van der Waals surface area (Å²) in [4.78, 5) is 4.10. The number of nitrogens with zero attached hydrogens (tertiary/aromatic N) is 1. The van der Waals surface area contributed by atoms with Crippen LogP contribution in [0.25, 0.3) is 5.57 Å². The molecule has 1 rings (SSSR count). The van der Waals surface area contributed by atoms with Gasteiger partial charge in [0, 0.05) is 12.4 Å². The molecule has 112 valence electrons. The van der Waals surface area contributed by atoms with Crippen LogP contribution in [0.1, 0.15) is 26.3 Å². The highest BCUT2D eigenvalue weighted by Crippen LogP contribution is 2.20. The number of anilines is 2. The molecule has 0 spiro atoms. The maximum absolute atomic E-state index is 5.86. The molecule has 21 heavy (non-hydrogen) atoms. The van der Waals surface area contributed by atoms with E-state index in [-0.39, 0.29) is 0 Å². The normalized spacial score (nSPS) is 10.2. The molecule has 0 amide bonds. The third kappa shape index (κ3) is 5.95. The summed E-state index contributed by atoms with van der Waals surface area (Å²) in [5, 5.41) is 0. The lowest BCUT2D eigenvalue weighted by atomic mass is 10.0. The van der Waals surface area contributed by atoms with Gasteiger partial charge in [-0.2, -0.15) is 0 Å². The Bertz CT molecular complexity index is 571. The van der Waals surface area contributed by atoms with Crippen LogP contribution >= 0.6 is 0 Å². The topological polar surface area (TPSA) is 64.9 Å². The Hall–Kier alpha value is -2.55. The summed E-state index contributed by atoms with van der Waals surface area (Å²) in [6.45, 7) is 13.6. The van der Waals surface area contributed by atoms with Crippen molar-refractivity contribution < 1.29 is 0 Å². The number of hydrogen-bond acceptors (Lipinski definition) is 3. The molecule has 0 fully saturated rings. The van der Waals surface area contributed by atoms with Crippen molar-refractivity contribution in [3.63, 3.8) is 0 Å². The van der Waals surface area contributed by atoms with Gasteiger partial charge in [0.1, 0.15) is 0 Å². The monoisotopic (exact) mass is 283 g/mol. The van der Waals surface area contributed by atoms with Crippen LogP contribution < -0.4 is 11.5 Å². The van der Waals surface area contributed by atoms with Crippen LogP contribution in [0.5, 0.6) is 0 Å². The Kier molecular flexibility index (Phi) is 9.02. The van der Waals surface area contributed by atoms with Crippen LogP contribution in [0.4, 0.5) is 11.4 Å². The third-order valence-corrected chi connectivity index (χ3v) is 2.70. The fraction of sp³-hybridized carbons (Fsp3) is 0.167. The molecule has 4 N–H and O–H groups in total. The van der Waals surface area contributed by atoms with E-state index < -0.39 is 0 Å². The number of aromatic nitrogens is 1. The van der Waals surface area contributed by atoms with Gasteiger partial charge in [0.2, 0.25) is 0 Å². The van der Waals surface area contributed by atoms with E-state index in [1.807, 2.05) is 32.9 Å². The van der Waals surface area contributed by atoms with Crippen LogP contribution in [-0.4, -0.2) is 4.98 Å². The van der Waals surface area contributed by atoms with Gasteiger partial charge in [0.15, 0.2) is 0 Å². The van der Waals surface area contributed by atoms with Gasteiger partial charge in [-0.1, -0.05) is 45.2 Å². The van der Waals surface area contributed by atoms with Gasteiger partial charge in [-0.15, -0.1) is 0 Å². The fourth-order valence-corrected chi connectivity index (χ4v) is 1.52. The maximum Gasteiger partial charge on any atom is 0.0563 e. The smallest absolute Gasteiger partial charge is 0.0563 e. The number of nitrogen functional groups attached to an aromatic ring is 2. The lowest BCUT2D eigenvalue weighted by molar-refractivity contribution is 1.35. The predicted octanol–water partition coefficient (Wildman–Crippen LogP) is 4.54. The van der Waals surface area contributed by atoms with E-state index in [2.05, 4.69) is 18.1 Å². The lowest BCUT2D eigenvalue weighted by Crippen LogP contribution is -1.91. The van der Waals surface area contributed by atoms with Crippen LogP contribution in [0.2, 0.25) is 0 Å². The summed E-state index contributed by atoms with van der Waals surface area (Å²) < 4.78 is 0. The van der Waals surface area contributed by atoms with Gasteiger partial charge in [0.25, 0.3) is 0 Å². The number of allylic oxidation sites excluding steroid dienone is 4. The van der Waals surface area contributed by atoms with Gasteiger partial charge in [-0.25, -0.2) is 0 Å². The van der Waals surface area contributed by atoms with Crippen molar-refractivity contribution in [2.24, 2.45) is 0 Å². The molecular formula is C18H25N3. The molecule has 1 heterocycles. The van der Waals surface area contributed by atoms with Gasteiger partial charge in [0.05, 0.1) is 11.4 Å². The molecule has 0 aliphatic rings. The highest BCUT2D eigenvalue weighted by molar-refractivity contribution is 5.77. The van der Waals surface area contributed by atoms with Crippen LogP contribution in [0, 0.1) is 0 Å². The van der Waals surface area contributed by atoms with Gasteiger partial charge < -0.3 is 11.5 Å². The lowest BCUT2D eigenvalue weighted by Gasteiger charge is -2.04. The molecule has 0 atom stereocenters. The first-order chi connectivity index (χ1) is 10.1. The van der Waals surface area contributed by atoms with Crippen molar-refractivity contribution >= 4 is 16.9 Å². The minimum absolute atomic E-state index is 0.485. The summed E-state index contributed by atoms with van der Waals surface area (Å²) in [5.74, 6) is 0. The molecule has 0 aliphatic heterocycles. The summed E-state index contributed by atoms with van der Waals surface area (Å²) in [5.41, 5.74) is 15.6. The molecule has 3 nitrogen and oxygen atoms in total. The molecule has 0 saturated heterocycles. The van der Waals surface area contributed by atoms with Crippen LogP contribution in [0.3, 0.4) is 0 Å². The zero-order valence-electron chi connectivity index (χ0n) is 13.1. The van der Waals surface area contributed by atoms with E-state index in [0.717, 1.165) is 16.7 Å².